The number of nitro groups is 1. The Balaban J connectivity index is 1.63. The molecular formula is C16H15FN2O3. The van der Waals surface area contributed by atoms with Gasteiger partial charge in [0.2, 0.25) is 0 Å². The van der Waals surface area contributed by atoms with Gasteiger partial charge in [-0.25, -0.2) is 4.39 Å². The van der Waals surface area contributed by atoms with E-state index in [0.29, 0.717) is 13.2 Å². The van der Waals surface area contributed by atoms with Crippen LogP contribution in [0.4, 0.5) is 15.8 Å². The van der Waals surface area contributed by atoms with Gasteiger partial charge in [-0.2, -0.15) is 0 Å². The minimum atomic E-state index is -0.619. The van der Waals surface area contributed by atoms with Crippen molar-refractivity contribution in [1.82, 2.24) is 0 Å². The van der Waals surface area contributed by atoms with Crippen LogP contribution in [0.15, 0.2) is 42.5 Å². The molecule has 1 unspecified atom stereocenters. The van der Waals surface area contributed by atoms with E-state index < -0.39 is 10.7 Å². The molecule has 0 spiro atoms. The van der Waals surface area contributed by atoms with Crippen LogP contribution in [0.2, 0.25) is 0 Å². The number of non-ortho nitro benzene ring substituents is 1. The molecule has 0 aromatic heterocycles. The average Bonchev–Trinajstić information content (AvgIpc) is 2.53. The molecule has 0 fully saturated rings. The van der Waals surface area contributed by atoms with E-state index in [2.05, 4.69) is 5.32 Å². The third-order valence-corrected chi connectivity index (χ3v) is 3.70. The second-order valence-electron chi connectivity index (χ2n) is 5.29. The molecule has 5 nitrogen and oxygen atoms in total. The Morgan fingerprint density at radius 3 is 2.91 bits per heavy atom. The first-order chi connectivity index (χ1) is 10.6. The van der Waals surface area contributed by atoms with Crippen LogP contribution >= 0.6 is 0 Å². The van der Waals surface area contributed by atoms with Gasteiger partial charge in [-0.05, 0) is 24.1 Å². The van der Waals surface area contributed by atoms with Gasteiger partial charge in [0.1, 0.15) is 5.75 Å². The molecule has 1 atom stereocenters. The zero-order valence-electron chi connectivity index (χ0n) is 11.8. The lowest BCUT2D eigenvalue weighted by molar-refractivity contribution is -0.385. The van der Waals surface area contributed by atoms with Crippen LogP contribution in [-0.2, 0) is 6.42 Å². The Kier molecular flexibility index (Phi) is 3.91. The first-order valence-corrected chi connectivity index (χ1v) is 7.02. The van der Waals surface area contributed by atoms with Gasteiger partial charge in [-0.1, -0.05) is 18.2 Å². The van der Waals surface area contributed by atoms with Gasteiger partial charge in [-0.3, -0.25) is 10.1 Å². The van der Waals surface area contributed by atoms with Crippen molar-refractivity contribution in [2.75, 3.05) is 18.5 Å². The lowest BCUT2D eigenvalue weighted by Crippen LogP contribution is -2.27. The fraction of sp³-hybridized carbons (Fsp3) is 0.250. The number of halogens is 1. The molecule has 1 aliphatic heterocycles. The van der Waals surface area contributed by atoms with Crippen LogP contribution in [0.1, 0.15) is 5.56 Å². The third kappa shape index (κ3) is 3.00. The Morgan fingerprint density at radius 2 is 2.14 bits per heavy atom. The summed E-state index contributed by atoms with van der Waals surface area (Å²) in [6, 6.07) is 11.5. The number of hydrogen-bond acceptors (Lipinski definition) is 4. The Bertz CT molecular complexity index is 706. The maximum absolute atomic E-state index is 13.8. The molecule has 2 aromatic carbocycles. The largest absolute Gasteiger partial charge is 0.493 e. The number of nitrogens with zero attached hydrogens (tertiary/aromatic N) is 1. The number of para-hydroxylation sites is 1. The Morgan fingerprint density at radius 1 is 1.32 bits per heavy atom. The summed E-state index contributed by atoms with van der Waals surface area (Å²) in [6.45, 7) is 1.11. The van der Waals surface area contributed by atoms with E-state index >= 15 is 0 Å². The molecule has 0 aliphatic carbocycles. The summed E-state index contributed by atoms with van der Waals surface area (Å²) in [7, 11) is 0. The van der Waals surface area contributed by atoms with Crippen LogP contribution < -0.4 is 10.1 Å². The lowest BCUT2D eigenvalue weighted by Gasteiger charge is -2.25. The molecule has 2 aromatic rings. The molecule has 0 radical (unpaired) electrons. The van der Waals surface area contributed by atoms with E-state index in [0.717, 1.165) is 23.8 Å². The highest BCUT2D eigenvalue weighted by Crippen LogP contribution is 2.27. The maximum Gasteiger partial charge on any atom is 0.272 e. The summed E-state index contributed by atoms with van der Waals surface area (Å²) in [6.07, 6.45) is 0.859. The van der Waals surface area contributed by atoms with E-state index in [-0.39, 0.29) is 17.3 Å². The zero-order valence-corrected chi connectivity index (χ0v) is 11.8. The lowest BCUT2D eigenvalue weighted by atomic mass is 9.96. The van der Waals surface area contributed by atoms with Gasteiger partial charge in [0.05, 0.1) is 23.3 Å². The van der Waals surface area contributed by atoms with Crippen molar-refractivity contribution in [2.24, 2.45) is 5.92 Å². The molecule has 114 valence electrons. The van der Waals surface area contributed by atoms with Gasteiger partial charge in [0, 0.05) is 18.5 Å². The SMILES string of the molecule is O=[N+]([O-])c1ccc(NCC2COc3ccccc3C2)c(F)c1. The molecule has 1 heterocycles. The second-order valence-corrected chi connectivity index (χ2v) is 5.29. The minimum Gasteiger partial charge on any atom is -0.493 e. The Labute approximate surface area is 126 Å². The van der Waals surface area contributed by atoms with E-state index in [1.807, 2.05) is 24.3 Å². The standard InChI is InChI=1S/C16H15FN2O3/c17-14-8-13(19(20)21)5-6-15(14)18-9-11-7-12-3-1-2-4-16(12)22-10-11/h1-6,8,11,18H,7,9-10H2. The first kappa shape index (κ1) is 14.3. The second kappa shape index (κ2) is 6.01. The molecule has 0 saturated heterocycles. The molecular weight excluding hydrogens is 287 g/mol. The highest BCUT2D eigenvalue weighted by Gasteiger charge is 2.20. The number of ether oxygens (including phenoxy) is 1. The summed E-state index contributed by atoms with van der Waals surface area (Å²) in [4.78, 5) is 9.98. The predicted molar refractivity (Wildman–Crippen MR) is 80.7 cm³/mol. The van der Waals surface area contributed by atoms with Crippen LogP contribution in [0.25, 0.3) is 0 Å². The van der Waals surface area contributed by atoms with E-state index in [1.165, 1.54) is 12.1 Å². The average molecular weight is 302 g/mol. The molecule has 3 rings (SSSR count). The summed E-state index contributed by atoms with van der Waals surface area (Å²) in [5.41, 5.74) is 1.16. The molecule has 1 aliphatic rings. The number of benzene rings is 2. The highest BCUT2D eigenvalue weighted by atomic mass is 19.1. The monoisotopic (exact) mass is 302 g/mol. The molecule has 0 saturated carbocycles. The molecule has 0 amide bonds. The summed E-state index contributed by atoms with van der Waals surface area (Å²) >= 11 is 0. The number of hydrogen-bond donors (Lipinski definition) is 1. The predicted octanol–water partition coefficient (Wildman–Crippen LogP) is 3.40. The van der Waals surface area contributed by atoms with Gasteiger partial charge < -0.3 is 10.1 Å². The van der Waals surface area contributed by atoms with Gasteiger partial charge in [-0.15, -0.1) is 0 Å². The number of nitro benzene ring substituents is 1. The smallest absolute Gasteiger partial charge is 0.272 e. The molecule has 22 heavy (non-hydrogen) atoms. The van der Waals surface area contributed by atoms with Gasteiger partial charge in [0.15, 0.2) is 5.82 Å². The van der Waals surface area contributed by atoms with Crippen molar-refractivity contribution >= 4 is 11.4 Å². The summed E-state index contributed by atoms with van der Waals surface area (Å²) < 4.78 is 19.5. The minimum absolute atomic E-state index is 0.226. The highest BCUT2D eigenvalue weighted by molar-refractivity contribution is 5.50. The quantitative estimate of drug-likeness (QED) is 0.694. The normalized spacial score (nSPS) is 16.5. The van der Waals surface area contributed by atoms with Crippen molar-refractivity contribution in [3.8, 4) is 5.75 Å². The molecule has 1 N–H and O–H groups in total. The van der Waals surface area contributed by atoms with Crippen molar-refractivity contribution in [3.05, 3.63) is 64.0 Å². The van der Waals surface area contributed by atoms with Crippen LogP contribution in [0, 0.1) is 21.8 Å². The topological polar surface area (TPSA) is 64.4 Å². The number of nitrogens with one attached hydrogen (secondary N) is 1. The van der Waals surface area contributed by atoms with Crippen LogP contribution in [0.3, 0.4) is 0 Å². The van der Waals surface area contributed by atoms with Crippen molar-refractivity contribution in [3.63, 3.8) is 0 Å². The van der Waals surface area contributed by atoms with Gasteiger partial charge >= 0.3 is 0 Å². The Hall–Kier alpha value is -2.63. The van der Waals surface area contributed by atoms with E-state index in [4.69, 9.17) is 4.74 Å². The zero-order chi connectivity index (χ0) is 15.5. The van der Waals surface area contributed by atoms with Crippen molar-refractivity contribution in [2.45, 2.75) is 6.42 Å². The van der Waals surface area contributed by atoms with E-state index in [1.54, 1.807) is 0 Å². The third-order valence-electron chi connectivity index (χ3n) is 3.70. The first-order valence-electron chi connectivity index (χ1n) is 7.02. The number of fused-ring (bicyclic) bond motifs is 1. The number of rotatable bonds is 4. The molecule has 0 bridgehead atoms. The van der Waals surface area contributed by atoms with E-state index in [9.17, 15) is 14.5 Å². The summed E-state index contributed by atoms with van der Waals surface area (Å²) in [5.74, 6) is 0.510. The van der Waals surface area contributed by atoms with Gasteiger partial charge in [0.25, 0.3) is 5.69 Å². The molecule has 6 heteroatoms. The maximum atomic E-state index is 13.8. The number of anilines is 1. The fourth-order valence-electron chi connectivity index (χ4n) is 2.54. The van der Waals surface area contributed by atoms with Crippen LogP contribution in [0.5, 0.6) is 5.75 Å². The van der Waals surface area contributed by atoms with Crippen LogP contribution in [-0.4, -0.2) is 18.1 Å². The fourth-order valence-corrected chi connectivity index (χ4v) is 2.54. The van der Waals surface area contributed by atoms with Crippen molar-refractivity contribution < 1.29 is 14.1 Å². The van der Waals surface area contributed by atoms with Crippen molar-refractivity contribution in [1.29, 1.82) is 0 Å². The summed E-state index contributed by atoms with van der Waals surface area (Å²) in [5, 5.41) is 13.6.